The Morgan fingerprint density at radius 1 is 1.53 bits per heavy atom. The zero-order valence-electron chi connectivity index (χ0n) is 11.2. The zero-order chi connectivity index (χ0) is 13.8. The van der Waals surface area contributed by atoms with E-state index in [0.29, 0.717) is 19.0 Å². The first-order chi connectivity index (χ1) is 9.08. The molecule has 1 heterocycles. The molecule has 1 atom stereocenters. The number of hydrazine groups is 1. The number of hydrogen-bond donors (Lipinski definition) is 2. The number of carbonyl (C=O) groups is 1. The predicted molar refractivity (Wildman–Crippen MR) is 72.5 cm³/mol. The van der Waals surface area contributed by atoms with Gasteiger partial charge in [-0.2, -0.15) is 0 Å². The Bertz CT molecular complexity index is 499. The number of nitrogens with one attached hydrogen (secondary N) is 1. The lowest BCUT2D eigenvalue weighted by atomic mass is 10.1. The van der Waals surface area contributed by atoms with E-state index in [2.05, 4.69) is 5.43 Å². The molecule has 1 aromatic rings. The van der Waals surface area contributed by atoms with Crippen molar-refractivity contribution in [1.29, 1.82) is 0 Å². The molecule has 1 amide bonds. The van der Waals surface area contributed by atoms with Gasteiger partial charge < -0.3 is 10.5 Å². The predicted octanol–water partition coefficient (Wildman–Crippen LogP) is 1.05. The summed E-state index contributed by atoms with van der Waals surface area (Å²) in [5.41, 5.74) is 10.6. The van der Waals surface area contributed by atoms with E-state index in [9.17, 15) is 4.79 Å². The van der Waals surface area contributed by atoms with Gasteiger partial charge >= 0.3 is 0 Å². The fraction of sp³-hybridized carbons (Fsp3) is 0.357. The number of amides is 1. The SMILES string of the molecule is Cc1ccccc1COC(C)C(=O)N1CC=C(N)N1. The van der Waals surface area contributed by atoms with Crippen molar-refractivity contribution in [2.45, 2.75) is 26.6 Å². The van der Waals surface area contributed by atoms with Crippen molar-refractivity contribution in [3.05, 3.63) is 47.3 Å². The Kier molecular flexibility index (Phi) is 4.06. The maximum Gasteiger partial charge on any atom is 0.270 e. The van der Waals surface area contributed by atoms with E-state index in [1.54, 1.807) is 13.0 Å². The minimum Gasteiger partial charge on any atom is -0.384 e. The van der Waals surface area contributed by atoms with Gasteiger partial charge in [-0.15, -0.1) is 0 Å². The zero-order valence-corrected chi connectivity index (χ0v) is 11.2. The van der Waals surface area contributed by atoms with Gasteiger partial charge in [-0.1, -0.05) is 24.3 Å². The minimum absolute atomic E-state index is 0.120. The van der Waals surface area contributed by atoms with Crippen molar-refractivity contribution in [2.24, 2.45) is 5.73 Å². The second-order valence-corrected chi connectivity index (χ2v) is 4.60. The first kappa shape index (κ1) is 13.4. The second-order valence-electron chi connectivity index (χ2n) is 4.60. The summed E-state index contributed by atoms with van der Waals surface area (Å²) in [6, 6.07) is 7.97. The summed E-state index contributed by atoms with van der Waals surface area (Å²) in [5.74, 6) is 0.379. The fourth-order valence-corrected chi connectivity index (χ4v) is 1.86. The Hall–Kier alpha value is -2.01. The number of benzene rings is 1. The molecule has 102 valence electrons. The van der Waals surface area contributed by atoms with Gasteiger partial charge in [0.15, 0.2) is 0 Å². The van der Waals surface area contributed by atoms with E-state index in [-0.39, 0.29) is 5.91 Å². The van der Waals surface area contributed by atoms with Gasteiger partial charge in [0.2, 0.25) is 0 Å². The molecular weight excluding hydrogens is 242 g/mol. The molecular formula is C14H19N3O2. The lowest BCUT2D eigenvalue weighted by Crippen LogP contribution is -2.44. The standard InChI is InChI=1S/C14H19N3O2/c1-10-5-3-4-6-12(10)9-19-11(2)14(18)17-8-7-13(15)16-17/h3-7,11,16H,8-9,15H2,1-2H3. The van der Waals surface area contributed by atoms with Gasteiger partial charge in [0, 0.05) is 0 Å². The highest BCUT2D eigenvalue weighted by Crippen LogP contribution is 2.11. The lowest BCUT2D eigenvalue weighted by molar-refractivity contribution is -0.144. The summed E-state index contributed by atoms with van der Waals surface area (Å²) in [5, 5.41) is 1.46. The van der Waals surface area contributed by atoms with Crippen LogP contribution in [-0.4, -0.2) is 23.6 Å². The summed E-state index contributed by atoms with van der Waals surface area (Å²) in [6.07, 6.45) is 1.25. The number of hydrogen-bond acceptors (Lipinski definition) is 4. The highest BCUT2D eigenvalue weighted by molar-refractivity contribution is 5.80. The molecule has 0 saturated heterocycles. The number of nitrogens with zero attached hydrogens (tertiary/aromatic N) is 1. The number of aryl methyl sites for hydroxylation is 1. The van der Waals surface area contributed by atoms with Crippen LogP contribution in [0, 0.1) is 6.92 Å². The maximum atomic E-state index is 12.0. The van der Waals surface area contributed by atoms with Crippen LogP contribution in [0.1, 0.15) is 18.1 Å². The number of nitrogens with two attached hydrogens (primary N) is 1. The van der Waals surface area contributed by atoms with E-state index in [0.717, 1.165) is 11.1 Å². The van der Waals surface area contributed by atoms with Gasteiger partial charge in [-0.05, 0) is 31.1 Å². The molecule has 1 aromatic carbocycles. The molecule has 5 heteroatoms. The van der Waals surface area contributed by atoms with Gasteiger partial charge in [0.25, 0.3) is 5.91 Å². The van der Waals surface area contributed by atoms with Crippen LogP contribution in [0.15, 0.2) is 36.2 Å². The van der Waals surface area contributed by atoms with Crippen LogP contribution in [0.5, 0.6) is 0 Å². The van der Waals surface area contributed by atoms with E-state index in [4.69, 9.17) is 10.5 Å². The molecule has 0 aromatic heterocycles. The Morgan fingerprint density at radius 2 is 2.26 bits per heavy atom. The maximum absolute atomic E-state index is 12.0. The minimum atomic E-state index is -0.508. The van der Waals surface area contributed by atoms with E-state index in [1.807, 2.05) is 31.2 Å². The van der Waals surface area contributed by atoms with Crippen LogP contribution in [0.4, 0.5) is 0 Å². The van der Waals surface area contributed by atoms with Crippen LogP contribution in [0.3, 0.4) is 0 Å². The molecule has 0 spiro atoms. The molecule has 3 N–H and O–H groups in total. The molecule has 19 heavy (non-hydrogen) atoms. The third-order valence-corrected chi connectivity index (χ3v) is 3.12. The van der Waals surface area contributed by atoms with Crippen molar-refractivity contribution < 1.29 is 9.53 Å². The Balaban J connectivity index is 1.86. The largest absolute Gasteiger partial charge is 0.384 e. The quantitative estimate of drug-likeness (QED) is 0.850. The molecule has 0 saturated carbocycles. The monoisotopic (exact) mass is 261 g/mol. The first-order valence-corrected chi connectivity index (χ1v) is 6.27. The third-order valence-electron chi connectivity index (χ3n) is 3.12. The number of ether oxygens (including phenoxy) is 1. The van der Waals surface area contributed by atoms with E-state index in [1.165, 1.54) is 5.01 Å². The third kappa shape index (κ3) is 3.26. The molecule has 0 bridgehead atoms. The van der Waals surface area contributed by atoms with Crippen LogP contribution in [0.2, 0.25) is 0 Å². The normalized spacial score (nSPS) is 15.9. The van der Waals surface area contributed by atoms with Crippen molar-refractivity contribution in [2.75, 3.05) is 6.54 Å². The molecule has 1 unspecified atom stereocenters. The molecule has 2 rings (SSSR count). The van der Waals surface area contributed by atoms with Crippen LogP contribution < -0.4 is 11.2 Å². The molecule has 0 radical (unpaired) electrons. The van der Waals surface area contributed by atoms with Crippen molar-refractivity contribution in [3.63, 3.8) is 0 Å². The smallest absolute Gasteiger partial charge is 0.270 e. The van der Waals surface area contributed by atoms with Crippen LogP contribution in [0.25, 0.3) is 0 Å². The van der Waals surface area contributed by atoms with Crippen molar-refractivity contribution in [1.82, 2.24) is 10.4 Å². The Labute approximate surface area is 113 Å². The summed E-state index contributed by atoms with van der Waals surface area (Å²) in [4.78, 5) is 12.0. The summed E-state index contributed by atoms with van der Waals surface area (Å²) >= 11 is 0. The number of carbonyl (C=O) groups excluding carboxylic acids is 1. The number of rotatable bonds is 4. The Morgan fingerprint density at radius 3 is 2.89 bits per heavy atom. The van der Waals surface area contributed by atoms with Crippen LogP contribution >= 0.6 is 0 Å². The highest BCUT2D eigenvalue weighted by atomic mass is 16.5. The van der Waals surface area contributed by atoms with Crippen molar-refractivity contribution >= 4 is 5.91 Å². The molecule has 5 nitrogen and oxygen atoms in total. The molecule has 0 fully saturated rings. The summed E-state index contributed by atoms with van der Waals surface area (Å²) < 4.78 is 5.62. The van der Waals surface area contributed by atoms with E-state index >= 15 is 0 Å². The average molecular weight is 261 g/mol. The lowest BCUT2D eigenvalue weighted by Gasteiger charge is -2.21. The van der Waals surface area contributed by atoms with Crippen LogP contribution in [-0.2, 0) is 16.1 Å². The summed E-state index contributed by atoms with van der Waals surface area (Å²) in [6.45, 7) is 4.67. The molecule has 1 aliphatic rings. The highest BCUT2D eigenvalue weighted by Gasteiger charge is 2.23. The second kappa shape index (κ2) is 5.75. The van der Waals surface area contributed by atoms with Gasteiger partial charge in [-0.3, -0.25) is 10.2 Å². The van der Waals surface area contributed by atoms with Gasteiger partial charge in [0.05, 0.1) is 13.2 Å². The topological polar surface area (TPSA) is 67.6 Å². The molecule has 0 aliphatic carbocycles. The summed E-state index contributed by atoms with van der Waals surface area (Å²) in [7, 11) is 0. The first-order valence-electron chi connectivity index (χ1n) is 6.27. The van der Waals surface area contributed by atoms with Gasteiger partial charge in [0.1, 0.15) is 11.9 Å². The van der Waals surface area contributed by atoms with E-state index < -0.39 is 6.10 Å². The fourth-order valence-electron chi connectivity index (χ4n) is 1.86. The average Bonchev–Trinajstić information content (AvgIpc) is 2.83. The molecule has 1 aliphatic heterocycles. The van der Waals surface area contributed by atoms with Gasteiger partial charge in [-0.25, -0.2) is 5.01 Å². The van der Waals surface area contributed by atoms with Crippen molar-refractivity contribution in [3.8, 4) is 0 Å².